The zero-order chi connectivity index (χ0) is 15.4. The van der Waals surface area contributed by atoms with Crippen LogP contribution in [0.5, 0.6) is 0 Å². The molecule has 0 unspecified atom stereocenters. The number of carbonyl (C=O) groups is 1. The second kappa shape index (κ2) is 6.85. The summed E-state index contributed by atoms with van der Waals surface area (Å²) in [5.74, 6) is 0.0319. The topological polar surface area (TPSA) is 33.2 Å². The van der Waals surface area contributed by atoms with Gasteiger partial charge in [-0.05, 0) is 60.0 Å². The summed E-state index contributed by atoms with van der Waals surface area (Å²) in [6, 6.07) is 9.75. The summed E-state index contributed by atoms with van der Waals surface area (Å²) in [4.78, 5) is 18.8. The van der Waals surface area contributed by atoms with Gasteiger partial charge in [0, 0.05) is 29.5 Å². The number of pyridine rings is 1. The highest BCUT2D eigenvalue weighted by Gasteiger charge is 2.21. The molecule has 0 radical (unpaired) electrons. The summed E-state index contributed by atoms with van der Waals surface area (Å²) in [7, 11) is 0. The first kappa shape index (κ1) is 15.7. The molecular weight excluding hydrogens is 328 g/mol. The summed E-state index contributed by atoms with van der Waals surface area (Å²) < 4.78 is 0.867. The van der Waals surface area contributed by atoms with Gasteiger partial charge in [0.1, 0.15) is 0 Å². The van der Waals surface area contributed by atoms with Crippen molar-refractivity contribution >= 4 is 21.8 Å². The molecule has 4 heteroatoms. The highest BCUT2D eigenvalue weighted by molar-refractivity contribution is 9.10. The van der Waals surface area contributed by atoms with Crippen molar-refractivity contribution in [2.75, 3.05) is 0 Å². The van der Waals surface area contributed by atoms with Crippen LogP contribution in [0.4, 0.5) is 0 Å². The van der Waals surface area contributed by atoms with Gasteiger partial charge < -0.3 is 4.90 Å². The zero-order valence-electron chi connectivity index (χ0n) is 12.5. The molecule has 21 heavy (non-hydrogen) atoms. The molecule has 0 aliphatic carbocycles. The maximum atomic E-state index is 12.8. The molecule has 1 heterocycles. The van der Waals surface area contributed by atoms with E-state index in [2.05, 4.69) is 20.9 Å². The van der Waals surface area contributed by atoms with Crippen LogP contribution >= 0.6 is 15.9 Å². The predicted molar refractivity (Wildman–Crippen MR) is 88.1 cm³/mol. The summed E-state index contributed by atoms with van der Waals surface area (Å²) in [6.45, 7) is 6.60. The number of nitrogens with zero attached hydrogens (tertiary/aromatic N) is 2. The molecular formula is C17H19BrN2O. The molecule has 0 saturated heterocycles. The Hall–Kier alpha value is -1.68. The van der Waals surface area contributed by atoms with Gasteiger partial charge >= 0.3 is 0 Å². The van der Waals surface area contributed by atoms with Crippen LogP contribution in [0.3, 0.4) is 0 Å². The summed E-state index contributed by atoms with van der Waals surface area (Å²) in [6.07, 6.45) is 3.54. The third kappa shape index (κ3) is 3.70. The van der Waals surface area contributed by atoms with Crippen LogP contribution < -0.4 is 0 Å². The monoisotopic (exact) mass is 346 g/mol. The predicted octanol–water partition coefficient (Wildman–Crippen LogP) is 4.20. The molecule has 0 saturated carbocycles. The Kier molecular flexibility index (Phi) is 5.12. The molecule has 0 spiro atoms. The minimum atomic E-state index is 0.0319. The van der Waals surface area contributed by atoms with Crippen LogP contribution in [-0.2, 0) is 6.54 Å². The SMILES string of the molecule is Cc1cccc(C(=O)N(Cc2cccnc2)C(C)C)c1Br. The molecule has 2 aromatic rings. The van der Waals surface area contributed by atoms with E-state index in [1.807, 2.05) is 56.0 Å². The van der Waals surface area contributed by atoms with Gasteiger partial charge in [-0.1, -0.05) is 18.2 Å². The van der Waals surface area contributed by atoms with Gasteiger partial charge in [-0.15, -0.1) is 0 Å². The van der Waals surface area contributed by atoms with E-state index in [1.54, 1.807) is 12.4 Å². The van der Waals surface area contributed by atoms with Gasteiger partial charge in [-0.25, -0.2) is 0 Å². The molecule has 0 bridgehead atoms. The Morgan fingerprint density at radius 3 is 2.67 bits per heavy atom. The van der Waals surface area contributed by atoms with Gasteiger partial charge in [0.05, 0.1) is 5.56 Å². The summed E-state index contributed by atoms with van der Waals surface area (Å²) in [5, 5.41) is 0. The third-order valence-electron chi connectivity index (χ3n) is 3.38. The number of benzene rings is 1. The fraction of sp³-hybridized carbons (Fsp3) is 0.294. The van der Waals surface area contributed by atoms with Crippen molar-refractivity contribution in [2.45, 2.75) is 33.4 Å². The Labute approximate surface area is 134 Å². The second-order valence-corrected chi connectivity index (χ2v) is 6.12. The molecule has 1 amide bonds. The smallest absolute Gasteiger partial charge is 0.255 e. The Balaban J connectivity index is 2.30. The lowest BCUT2D eigenvalue weighted by Crippen LogP contribution is -2.36. The molecule has 0 aliphatic rings. The number of amides is 1. The van der Waals surface area contributed by atoms with Crippen LogP contribution in [0.15, 0.2) is 47.2 Å². The number of aromatic nitrogens is 1. The third-order valence-corrected chi connectivity index (χ3v) is 4.43. The number of carbonyl (C=O) groups excluding carboxylic acids is 1. The lowest BCUT2D eigenvalue weighted by atomic mass is 10.1. The van der Waals surface area contributed by atoms with Crippen molar-refractivity contribution in [3.63, 3.8) is 0 Å². The number of rotatable bonds is 4. The van der Waals surface area contributed by atoms with Gasteiger partial charge in [0.2, 0.25) is 0 Å². The van der Waals surface area contributed by atoms with Crippen molar-refractivity contribution in [3.05, 3.63) is 63.9 Å². The zero-order valence-corrected chi connectivity index (χ0v) is 14.1. The van der Waals surface area contributed by atoms with Crippen LogP contribution in [0, 0.1) is 6.92 Å². The molecule has 0 N–H and O–H groups in total. The number of hydrogen-bond acceptors (Lipinski definition) is 2. The Morgan fingerprint density at radius 1 is 1.29 bits per heavy atom. The van der Waals surface area contributed by atoms with E-state index in [1.165, 1.54) is 0 Å². The fourth-order valence-electron chi connectivity index (χ4n) is 2.14. The van der Waals surface area contributed by atoms with Crippen LogP contribution in [0.2, 0.25) is 0 Å². The van der Waals surface area contributed by atoms with E-state index >= 15 is 0 Å². The van der Waals surface area contributed by atoms with Crippen molar-refractivity contribution < 1.29 is 4.79 Å². The van der Waals surface area contributed by atoms with Crippen molar-refractivity contribution in [1.29, 1.82) is 0 Å². The lowest BCUT2D eigenvalue weighted by Gasteiger charge is -2.27. The van der Waals surface area contributed by atoms with Gasteiger partial charge in [0.15, 0.2) is 0 Å². The van der Waals surface area contributed by atoms with E-state index in [0.29, 0.717) is 12.1 Å². The molecule has 1 aromatic carbocycles. The van der Waals surface area contributed by atoms with Crippen molar-refractivity contribution in [1.82, 2.24) is 9.88 Å². The molecule has 0 aliphatic heterocycles. The van der Waals surface area contributed by atoms with E-state index in [-0.39, 0.29) is 11.9 Å². The van der Waals surface area contributed by atoms with E-state index in [0.717, 1.165) is 15.6 Å². The maximum Gasteiger partial charge on any atom is 0.255 e. The first-order chi connectivity index (χ1) is 10.0. The molecule has 0 fully saturated rings. The highest BCUT2D eigenvalue weighted by atomic mass is 79.9. The minimum absolute atomic E-state index is 0.0319. The molecule has 110 valence electrons. The number of aryl methyl sites for hydroxylation is 1. The highest BCUT2D eigenvalue weighted by Crippen LogP contribution is 2.24. The van der Waals surface area contributed by atoms with Crippen LogP contribution in [0.25, 0.3) is 0 Å². The summed E-state index contributed by atoms with van der Waals surface area (Å²) in [5.41, 5.74) is 2.79. The summed E-state index contributed by atoms with van der Waals surface area (Å²) >= 11 is 3.52. The van der Waals surface area contributed by atoms with Crippen molar-refractivity contribution in [3.8, 4) is 0 Å². The largest absolute Gasteiger partial charge is 0.332 e. The Bertz CT molecular complexity index is 626. The average molecular weight is 347 g/mol. The normalized spacial score (nSPS) is 10.7. The number of halogens is 1. The van der Waals surface area contributed by atoms with Crippen LogP contribution in [0.1, 0.15) is 35.3 Å². The lowest BCUT2D eigenvalue weighted by molar-refractivity contribution is 0.0689. The van der Waals surface area contributed by atoms with Crippen LogP contribution in [-0.4, -0.2) is 21.8 Å². The standard InChI is InChI=1S/C17H19BrN2O/c1-12(2)20(11-14-7-5-9-19-10-14)17(21)15-8-4-6-13(3)16(15)18/h4-10,12H,11H2,1-3H3. The average Bonchev–Trinajstić information content (AvgIpc) is 2.48. The molecule has 3 nitrogen and oxygen atoms in total. The van der Waals surface area contributed by atoms with Gasteiger partial charge in [0.25, 0.3) is 5.91 Å². The maximum absolute atomic E-state index is 12.8. The first-order valence-corrected chi connectivity index (χ1v) is 7.75. The first-order valence-electron chi connectivity index (χ1n) is 6.95. The molecule has 1 aromatic heterocycles. The quantitative estimate of drug-likeness (QED) is 0.830. The second-order valence-electron chi connectivity index (χ2n) is 5.32. The van der Waals surface area contributed by atoms with E-state index in [9.17, 15) is 4.79 Å². The fourth-order valence-corrected chi connectivity index (χ4v) is 2.58. The van der Waals surface area contributed by atoms with E-state index in [4.69, 9.17) is 0 Å². The van der Waals surface area contributed by atoms with E-state index < -0.39 is 0 Å². The van der Waals surface area contributed by atoms with Gasteiger partial charge in [-0.3, -0.25) is 9.78 Å². The molecule has 0 atom stereocenters. The number of hydrogen-bond donors (Lipinski definition) is 0. The van der Waals surface area contributed by atoms with Crippen molar-refractivity contribution in [2.24, 2.45) is 0 Å². The Morgan fingerprint density at radius 2 is 2.05 bits per heavy atom. The minimum Gasteiger partial charge on any atom is -0.332 e. The molecule has 2 rings (SSSR count). The van der Waals surface area contributed by atoms with Gasteiger partial charge in [-0.2, -0.15) is 0 Å².